The van der Waals surface area contributed by atoms with Crippen molar-refractivity contribution in [3.63, 3.8) is 0 Å². The van der Waals surface area contributed by atoms with Gasteiger partial charge in [0.1, 0.15) is 5.82 Å². The smallest absolute Gasteiger partial charge is 0.147 e. The monoisotopic (exact) mass is 302 g/mol. The summed E-state index contributed by atoms with van der Waals surface area (Å²) in [7, 11) is 2.27. The average Bonchev–Trinajstić information content (AvgIpc) is 3.34. The van der Waals surface area contributed by atoms with Crippen LogP contribution in [0.25, 0.3) is 0 Å². The molecule has 3 aliphatic rings. The molecule has 2 atom stereocenters. The lowest BCUT2D eigenvalue weighted by Gasteiger charge is -2.40. The van der Waals surface area contributed by atoms with Gasteiger partial charge < -0.3 is 14.5 Å². The fourth-order valence-corrected chi connectivity index (χ4v) is 4.16. The largest absolute Gasteiger partial charge is 0.373 e. The van der Waals surface area contributed by atoms with Crippen molar-refractivity contribution in [2.24, 2.45) is 5.92 Å². The fraction of sp³-hybridized carbons (Fsp3) is 0.765. The van der Waals surface area contributed by atoms with E-state index in [2.05, 4.69) is 26.8 Å². The molecule has 0 N–H and O–H groups in total. The topological polar surface area (TPSA) is 41.5 Å². The molecule has 0 aromatic carbocycles. The Morgan fingerprint density at radius 2 is 2.32 bits per heavy atom. The van der Waals surface area contributed by atoms with Gasteiger partial charge in [-0.15, -0.1) is 0 Å². The molecule has 1 aromatic rings. The Morgan fingerprint density at radius 1 is 1.41 bits per heavy atom. The summed E-state index contributed by atoms with van der Waals surface area (Å²) in [6, 6.07) is 0.846. The summed E-state index contributed by atoms with van der Waals surface area (Å²) in [6.07, 6.45) is 11.7. The summed E-state index contributed by atoms with van der Waals surface area (Å²) in [6.45, 7) is 4.15. The van der Waals surface area contributed by atoms with E-state index >= 15 is 0 Å². The number of rotatable bonds is 4. The van der Waals surface area contributed by atoms with Gasteiger partial charge in [-0.05, 0) is 45.1 Å². The van der Waals surface area contributed by atoms with Gasteiger partial charge in [-0.2, -0.15) is 0 Å². The highest BCUT2D eigenvalue weighted by Crippen LogP contribution is 2.39. The highest BCUT2D eigenvalue weighted by Gasteiger charge is 2.44. The molecule has 3 heterocycles. The van der Waals surface area contributed by atoms with E-state index in [9.17, 15) is 0 Å². The zero-order chi connectivity index (χ0) is 15.0. The Bertz CT molecular complexity index is 507. The van der Waals surface area contributed by atoms with Crippen LogP contribution < -0.4 is 4.90 Å². The Hall–Kier alpha value is -1.20. The molecule has 1 saturated carbocycles. The number of anilines is 1. The third kappa shape index (κ3) is 2.97. The van der Waals surface area contributed by atoms with Gasteiger partial charge in [0.05, 0.1) is 18.4 Å². The van der Waals surface area contributed by atoms with E-state index in [0.29, 0.717) is 5.92 Å². The van der Waals surface area contributed by atoms with Crippen LogP contribution in [0.5, 0.6) is 0 Å². The minimum Gasteiger partial charge on any atom is -0.373 e. The molecular weight excluding hydrogens is 276 g/mol. The second kappa shape index (κ2) is 5.78. The summed E-state index contributed by atoms with van der Waals surface area (Å²) in [5, 5.41) is 0. The van der Waals surface area contributed by atoms with Crippen LogP contribution in [0.2, 0.25) is 0 Å². The van der Waals surface area contributed by atoms with Gasteiger partial charge >= 0.3 is 0 Å². The predicted molar refractivity (Wildman–Crippen MR) is 85.9 cm³/mol. The summed E-state index contributed by atoms with van der Waals surface area (Å²) >= 11 is 0. The van der Waals surface area contributed by atoms with E-state index < -0.39 is 0 Å². The molecule has 0 amide bonds. The number of nitrogens with zero attached hydrogens (tertiary/aromatic N) is 4. The van der Waals surface area contributed by atoms with E-state index in [4.69, 9.17) is 4.74 Å². The average molecular weight is 302 g/mol. The van der Waals surface area contributed by atoms with Gasteiger partial charge in [0.2, 0.25) is 0 Å². The van der Waals surface area contributed by atoms with E-state index in [-0.39, 0.29) is 5.60 Å². The van der Waals surface area contributed by atoms with Gasteiger partial charge in [0.15, 0.2) is 0 Å². The third-order valence-corrected chi connectivity index (χ3v) is 5.42. The Balaban J connectivity index is 1.39. The van der Waals surface area contributed by atoms with Crippen LogP contribution in [0.4, 0.5) is 5.82 Å². The first-order chi connectivity index (χ1) is 10.7. The Labute approximate surface area is 132 Å². The minimum atomic E-state index is 0.0465. The van der Waals surface area contributed by atoms with Crippen molar-refractivity contribution < 1.29 is 4.74 Å². The van der Waals surface area contributed by atoms with Gasteiger partial charge in [-0.25, -0.2) is 4.98 Å². The molecule has 5 heteroatoms. The first kappa shape index (κ1) is 14.4. The fourth-order valence-electron chi connectivity index (χ4n) is 4.16. The van der Waals surface area contributed by atoms with Crippen LogP contribution in [0.3, 0.4) is 0 Å². The van der Waals surface area contributed by atoms with Crippen LogP contribution in [0, 0.1) is 5.92 Å². The van der Waals surface area contributed by atoms with E-state index in [1.807, 2.05) is 6.20 Å². The molecule has 4 rings (SSSR count). The van der Waals surface area contributed by atoms with Crippen molar-refractivity contribution in [2.75, 3.05) is 38.2 Å². The van der Waals surface area contributed by atoms with E-state index in [1.54, 1.807) is 12.4 Å². The highest BCUT2D eigenvalue weighted by atomic mass is 16.5. The Morgan fingerprint density at radius 3 is 3.09 bits per heavy atom. The van der Waals surface area contributed by atoms with Crippen LogP contribution in [-0.2, 0) is 4.74 Å². The predicted octanol–water partition coefficient (Wildman–Crippen LogP) is 1.95. The quantitative estimate of drug-likeness (QED) is 0.850. The molecule has 2 saturated heterocycles. The van der Waals surface area contributed by atoms with Gasteiger partial charge in [0.25, 0.3) is 0 Å². The van der Waals surface area contributed by atoms with Crippen LogP contribution in [0.15, 0.2) is 18.6 Å². The molecule has 2 unspecified atom stereocenters. The zero-order valence-corrected chi connectivity index (χ0v) is 13.4. The molecule has 5 nitrogen and oxygen atoms in total. The second-order valence-electron chi connectivity index (χ2n) is 7.32. The highest BCUT2D eigenvalue weighted by molar-refractivity contribution is 5.36. The van der Waals surface area contributed by atoms with Crippen molar-refractivity contribution in [1.82, 2.24) is 14.9 Å². The number of hydrogen-bond acceptors (Lipinski definition) is 5. The SMILES string of the molecule is CN(CC1COC2(CCCN(c3cnccn3)C2)C1)C1CC1. The van der Waals surface area contributed by atoms with Crippen LogP contribution >= 0.6 is 0 Å². The normalized spacial score (nSPS) is 32.1. The van der Waals surface area contributed by atoms with E-state index in [0.717, 1.165) is 31.6 Å². The maximum Gasteiger partial charge on any atom is 0.147 e. The molecule has 1 aliphatic carbocycles. The molecule has 1 spiro atoms. The number of hydrogen-bond donors (Lipinski definition) is 0. The molecular formula is C17H26N4O. The summed E-state index contributed by atoms with van der Waals surface area (Å²) in [4.78, 5) is 13.5. The maximum atomic E-state index is 6.33. The lowest BCUT2D eigenvalue weighted by Crippen LogP contribution is -2.48. The summed E-state index contributed by atoms with van der Waals surface area (Å²) < 4.78 is 6.33. The van der Waals surface area contributed by atoms with Crippen molar-refractivity contribution in [2.45, 2.75) is 43.7 Å². The summed E-state index contributed by atoms with van der Waals surface area (Å²) in [5.74, 6) is 1.68. The molecule has 120 valence electrons. The molecule has 2 aliphatic heterocycles. The lowest BCUT2D eigenvalue weighted by atomic mass is 9.86. The maximum absolute atomic E-state index is 6.33. The molecule has 22 heavy (non-hydrogen) atoms. The van der Waals surface area contributed by atoms with Crippen molar-refractivity contribution in [3.05, 3.63) is 18.6 Å². The zero-order valence-electron chi connectivity index (χ0n) is 13.4. The van der Waals surface area contributed by atoms with Crippen molar-refractivity contribution >= 4 is 5.82 Å². The number of piperidine rings is 1. The van der Waals surface area contributed by atoms with Crippen molar-refractivity contribution in [1.29, 1.82) is 0 Å². The standard InChI is InChI=1S/C17H26N4O/c1-20(15-3-4-15)11-14-9-17(22-12-14)5-2-8-21(13-17)16-10-18-6-7-19-16/h6-7,10,14-15H,2-5,8-9,11-13H2,1H3. The molecule has 1 aromatic heterocycles. The molecule has 3 fully saturated rings. The first-order valence-electron chi connectivity index (χ1n) is 8.59. The van der Waals surface area contributed by atoms with Gasteiger partial charge in [-0.3, -0.25) is 4.98 Å². The number of ether oxygens (including phenoxy) is 1. The van der Waals surface area contributed by atoms with Gasteiger partial charge in [-0.1, -0.05) is 0 Å². The Kier molecular flexibility index (Phi) is 3.78. The first-order valence-corrected chi connectivity index (χ1v) is 8.59. The minimum absolute atomic E-state index is 0.0465. The summed E-state index contributed by atoms with van der Waals surface area (Å²) in [5.41, 5.74) is 0.0465. The van der Waals surface area contributed by atoms with Crippen LogP contribution in [0.1, 0.15) is 32.1 Å². The van der Waals surface area contributed by atoms with Crippen LogP contribution in [-0.4, -0.2) is 59.8 Å². The van der Waals surface area contributed by atoms with E-state index in [1.165, 1.54) is 38.6 Å². The van der Waals surface area contributed by atoms with Crippen molar-refractivity contribution in [3.8, 4) is 0 Å². The van der Waals surface area contributed by atoms with Gasteiger partial charge in [0, 0.05) is 38.1 Å². The molecule has 0 bridgehead atoms. The molecule has 0 radical (unpaired) electrons. The number of aromatic nitrogens is 2. The lowest BCUT2D eigenvalue weighted by molar-refractivity contribution is -0.00737. The third-order valence-electron chi connectivity index (χ3n) is 5.42. The second-order valence-corrected chi connectivity index (χ2v) is 7.32.